The van der Waals surface area contributed by atoms with Crippen molar-refractivity contribution in [1.29, 1.82) is 0 Å². The molecule has 0 aromatic carbocycles. The lowest BCUT2D eigenvalue weighted by Gasteiger charge is -2.19. The van der Waals surface area contributed by atoms with Crippen LogP contribution in [-0.2, 0) is 23.2 Å². The highest BCUT2D eigenvalue weighted by Crippen LogP contribution is 2.31. The minimum atomic E-state index is -3.43. The molecule has 114 valence electrons. The maximum absolute atomic E-state index is 12.6. The normalized spacial score (nSPS) is 16.0. The first-order valence-corrected chi connectivity index (χ1v) is 8.77. The molecule has 1 aromatic rings. The second kappa shape index (κ2) is 6.28. The third kappa shape index (κ3) is 3.24. The minimum Gasteiger partial charge on any atom is -0.390 e. The molecule has 0 aliphatic heterocycles. The van der Waals surface area contributed by atoms with E-state index in [0.29, 0.717) is 29.6 Å². The SMILES string of the molecule is CCCn1cc(S(=O)(=O)N(CC)CC2CC2)cc1CO. The molecule has 1 aliphatic carbocycles. The lowest BCUT2D eigenvalue weighted by atomic mass is 10.4. The molecular weight excluding hydrogens is 276 g/mol. The fourth-order valence-electron chi connectivity index (χ4n) is 2.38. The van der Waals surface area contributed by atoms with E-state index in [-0.39, 0.29) is 6.61 Å². The molecule has 6 heteroatoms. The van der Waals surface area contributed by atoms with Crippen LogP contribution in [0.2, 0.25) is 0 Å². The minimum absolute atomic E-state index is 0.135. The monoisotopic (exact) mass is 300 g/mol. The summed E-state index contributed by atoms with van der Waals surface area (Å²) in [5.74, 6) is 0.528. The standard InChI is InChI=1S/C14H24N2O3S/c1-3-7-15-10-14(8-13(15)11-17)20(18,19)16(4-2)9-12-5-6-12/h8,10,12,17H,3-7,9,11H2,1-2H3. The molecule has 0 unspecified atom stereocenters. The maximum Gasteiger partial charge on any atom is 0.244 e. The van der Waals surface area contributed by atoms with Crippen molar-refractivity contribution in [2.45, 2.75) is 51.2 Å². The predicted molar refractivity (Wildman–Crippen MR) is 77.8 cm³/mol. The second-order valence-electron chi connectivity index (χ2n) is 5.42. The Kier molecular flexibility index (Phi) is 4.88. The van der Waals surface area contributed by atoms with E-state index in [1.54, 1.807) is 16.6 Å². The highest BCUT2D eigenvalue weighted by Gasteiger charge is 2.31. The number of hydrogen-bond donors (Lipinski definition) is 1. The molecule has 0 saturated heterocycles. The first-order chi connectivity index (χ1) is 9.52. The largest absolute Gasteiger partial charge is 0.390 e. The maximum atomic E-state index is 12.6. The third-order valence-corrected chi connectivity index (χ3v) is 5.64. The van der Waals surface area contributed by atoms with Crippen LogP contribution in [-0.4, -0.2) is 35.5 Å². The molecule has 1 N–H and O–H groups in total. The summed E-state index contributed by atoms with van der Waals surface area (Å²) < 4.78 is 28.7. The lowest BCUT2D eigenvalue weighted by Crippen LogP contribution is -2.32. The molecule has 0 radical (unpaired) electrons. The van der Waals surface area contributed by atoms with E-state index in [0.717, 1.165) is 25.8 Å². The van der Waals surface area contributed by atoms with Crippen LogP contribution in [0.15, 0.2) is 17.2 Å². The molecule has 0 spiro atoms. The van der Waals surface area contributed by atoms with Gasteiger partial charge in [0, 0.05) is 31.5 Å². The van der Waals surface area contributed by atoms with Gasteiger partial charge in [0.25, 0.3) is 0 Å². The fourth-order valence-corrected chi connectivity index (χ4v) is 3.97. The zero-order valence-electron chi connectivity index (χ0n) is 12.2. The average Bonchev–Trinajstić information content (AvgIpc) is 3.15. The average molecular weight is 300 g/mol. The topological polar surface area (TPSA) is 62.5 Å². The van der Waals surface area contributed by atoms with Crippen LogP contribution in [0, 0.1) is 5.92 Å². The number of hydrogen-bond acceptors (Lipinski definition) is 3. The zero-order chi connectivity index (χ0) is 14.8. The van der Waals surface area contributed by atoms with Gasteiger partial charge in [0.2, 0.25) is 10.0 Å². The molecule has 1 saturated carbocycles. The predicted octanol–water partition coefficient (Wildman–Crippen LogP) is 1.81. The van der Waals surface area contributed by atoms with E-state index in [4.69, 9.17) is 0 Å². The van der Waals surface area contributed by atoms with E-state index in [9.17, 15) is 13.5 Å². The number of nitrogens with zero attached hydrogens (tertiary/aromatic N) is 2. The van der Waals surface area contributed by atoms with Crippen LogP contribution < -0.4 is 0 Å². The Labute approximate surface area is 121 Å². The molecule has 5 nitrogen and oxygen atoms in total. The van der Waals surface area contributed by atoms with E-state index in [1.165, 1.54) is 0 Å². The Hall–Kier alpha value is -0.850. The van der Waals surface area contributed by atoms with Crippen molar-refractivity contribution in [2.24, 2.45) is 5.92 Å². The van der Waals surface area contributed by atoms with Gasteiger partial charge in [0.1, 0.15) is 4.90 Å². The Morgan fingerprint density at radius 2 is 2.10 bits per heavy atom. The first kappa shape index (κ1) is 15.5. The summed E-state index contributed by atoms with van der Waals surface area (Å²) in [5, 5.41) is 9.35. The number of rotatable bonds is 8. The van der Waals surface area contributed by atoms with Gasteiger partial charge in [0.05, 0.1) is 6.61 Å². The van der Waals surface area contributed by atoms with E-state index in [2.05, 4.69) is 0 Å². The highest BCUT2D eigenvalue weighted by molar-refractivity contribution is 7.89. The van der Waals surface area contributed by atoms with Gasteiger partial charge in [-0.2, -0.15) is 4.31 Å². The van der Waals surface area contributed by atoms with Crippen molar-refractivity contribution in [3.63, 3.8) is 0 Å². The van der Waals surface area contributed by atoms with Crippen LogP contribution in [0.5, 0.6) is 0 Å². The molecule has 0 bridgehead atoms. The van der Waals surface area contributed by atoms with E-state index < -0.39 is 10.0 Å². The molecule has 1 fully saturated rings. The van der Waals surface area contributed by atoms with Crippen LogP contribution in [0.3, 0.4) is 0 Å². The van der Waals surface area contributed by atoms with Gasteiger partial charge in [-0.05, 0) is 31.2 Å². The summed E-state index contributed by atoms with van der Waals surface area (Å²) in [6.07, 6.45) is 4.82. The summed E-state index contributed by atoms with van der Waals surface area (Å²) in [4.78, 5) is 0.303. The Bertz CT molecular complexity index is 547. The van der Waals surface area contributed by atoms with E-state index in [1.807, 2.05) is 18.4 Å². The second-order valence-corrected chi connectivity index (χ2v) is 7.36. The molecule has 1 heterocycles. The van der Waals surface area contributed by atoms with Gasteiger partial charge in [-0.15, -0.1) is 0 Å². The molecule has 0 atom stereocenters. The Balaban J connectivity index is 2.27. The van der Waals surface area contributed by atoms with Crippen molar-refractivity contribution >= 4 is 10.0 Å². The third-order valence-electron chi connectivity index (χ3n) is 3.74. The van der Waals surface area contributed by atoms with Crippen LogP contribution >= 0.6 is 0 Å². The Morgan fingerprint density at radius 1 is 1.40 bits per heavy atom. The quantitative estimate of drug-likeness (QED) is 0.796. The number of aliphatic hydroxyl groups is 1. The molecule has 1 aliphatic rings. The summed E-state index contributed by atoms with van der Waals surface area (Å²) in [6.45, 7) is 5.60. The number of aliphatic hydroxyl groups excluding tert-OH is 1. The Morgan fingerprint density at radius 3 is 2.60 bits per heavy atom. The van der Waals surface area contributed by atoms with Gasteiger partial charge in [-0.3, -0.25) is 0 Å². The molecule has 1 aromatic heterocycles. The van der Waals surface area contributed by atoms with Gasteiger partial charge in [-0.25, -0.2) is 8.42 Å². The van der Waals surface area contributed by atoms with Crippen molar-refractivity contribution in [1.82, 2.24) is 8.87 Å². The molecular formula is C14H24N2O3S. The van der Waals surface area contributed by atoms with Gasteiger partial charge in [0.15, 0.2) is 0 Å². The van der Waals surface area contributed by atoms with Crippen molar-refractivity contribution in [2.75, 3.05) is 13.1 Å². The summed E-state index contributed by atoms with van der Waals surface area (Å²) in [6, 6.07) is 1.60. The lowest BCUT2D eigenvalue weighted by molar-refractivity contribution is 0.270. The summed E-state index contributed by atoms with van der Waals surface area (Å²) >= 11 is 0. The van der Waals surface area contributed by atoms with Crippen LogP contribution in [0.4, 0.5) is 0 Å². The molecule has 20 heavy (non-hydrogen) atoms. The summed E-state index contributed by atoms with van der Waals surface area (Å²) in [7, 11) is -3.43. The highest BCUT2D eigenvalue weighted by atomic mass is 32.2. The van der Waals surface area contributed by atoms with Gasteiger partial charge >= 0.3 is 0 Å². The van der Waals surface area contributed by atoms with Gasteiger partial charge in [-0.1, -0.05) is 13.8 Å². The first-order valence-electron chi connectivity index (χ1n) is 7.33. The zero-order valence-corrected chi connectivity index (χ0v) is 13.1. The number of aromatic nitrogens is 1. The molecule has 2 rings (SSSR count). The van der Waals surface area contributed by atoms with Crippen molar-refractivity contribution in [3.05, 3.63) is 18.0 Å². The van der Waals surface area contributed by atoms with Crippen LogP contribution in [0.1, 0.15) is 38.8 Å². The van der Waals surface area contributed by atoms with E-state index >= 15 is 0 Å². The number of aryl methyl sites for hydroxylation is 1. The molecule has 0 amide bonds. The van der Waals surface area contributed by atoms with Crippen molar-refractivity contribution in [3.8, 4) is 0 Å². The number of sulfonamides is 1. The van der Waals surface area contributed by atoms with Crippen LogP contribution in [0.25, 0.3) is 0 Å². The smallest absolute Gasteiger partial charge is 0.244 e. The van der Waals surface area contributed by atoms with Crippen molar-refractivity contribution < 1.29 is 13.5 Å². The van der Waals surface area contributed by atoms with Gasteiger partial charge < -0.3 is 9.67 Å². The summed E-state index contributed by atoms with van der Waals surface area (Å²) in [5.41, 5.74) is 0.660. The fraction of sp³-hybridized carbons (Fsp3) is 0.714.